The number of aliphatic carboxylic acids is 1. The van der Waals surface area contributed by atoms with Crippen LogP contribution in [0.4, 0.5) is 5.69 Å². The van der Waals surface area contributed by atoms with Crippen molar-refractivity contribution in [1.82, 2.24) is 4.98 Å². The molecular weight excluding hydrogens is 358 g/mol. The molecule has 3 rings (SSSR count). The van der Waals surface area contributed by atoms with Gasteiger partial charge in [-0.1, -0.05) is 6.07 Å². The number of methoxy groups -OCH3 is 1. The smallest absolute Gasteiger partial charge is 0.334 e. The Morgan fingerprint density at radius 3 is 2.68 bits per heavy atom. The fourth-order valence-electron chi connectivity index (χ4n) is 3.62. The highest BCUT2D eigenvalue weighted by atomic mass is 16.7. The standard InChI is InChI=1S/C21H21N3O4/c1-5-28-24-13(3)18(21(25)26)19(16-11-23-10-12(2)20(16)24)15-7-6-14(9-22)8-17(15)27-4/h6-8,10-11,19H,5H2,1-4H3,(H,25,26). The van der Waals surface area contributed by atoms with E-state index in [4.69, 9.17) is 9.57 Å². The molecule has 0 spiro atoms. The highest BCUT2D eigenvalue weighted by Gasteiger charge is 2.38. The van der Waals surface area contributed by atoms with Crippen molar-refractivity contribution >= 4 is 11.7 Å². The molecule has 0 saturated carbocycles. The summed E-state index contributed by atoms with van der Waals surface area (Å²) in [5.74, 6) is -1.21. The third-order valence-corrected chi connectivity index (χ3v) is 4.79. The molecule has 1 aliphatic heterocycles. The molecule has 1 atom stereocenters. The number of carboxylic acids is 1. The third-order valence-electron chi connectivity index (χ3n) is 4.79. The number of anilines is 1. The highest BCUT2D eigenvalue weighted by molar-refractivity contribution is 5.93. The Bertz CT molecular complexity index is 1010. The van der Waals surface area contributed by atoms with Crippen LogP contribution in [-0.4, -0.2) is 29.8 Å². The lowest BCUT2D eigenvalue weighted by molar-refractivity contribution is -0.133. The van der Waals surface area contributed by atoms with Crippen LogP contribution in [-0.2, 0) is 9.63 Å². The van der Waals surface area contributed by atoms with Gasteiger partial charge in [0.2, 0.25) is 0 Å². The number of hydrogen-bond acceptors (Lipinski definition) is 6. The molecule has 1 unspecified atom stereocenters. The summed E-state index contributed by atoms with van der Waals surface area (Å²) < 4.78 is 5.49. The molecule has 1 N–H and O–H groups in total. The Hall–Kier alpha value is -3.37. The first-order valence-electron chi connectivity index (χ1n) is 8.84. The fraction of sp³-hybridized carbons (Fsp3) is 0.286. The van der Waals surface area contributed by atoms with Crippen LogP contribution in [0, 0.1) is 18.3 Å². The Kier molecular flexibility index (Phi) is 5.34. The van der Waals surface area contributed by atoms with Gasteiger partial charge in [-0.2, -0.15) is 5.26 Å². The number of nitrogens with zero attached hydrogens (tertiary/aromatic N) is 3. The summed E-state index contributed by atoms with van der Waals surface area (Å²) in [6.45, 7) is 5.87. The predicted octanol–water partition coefficient (Wildman–Crippen LogP) is 3.53. The number of carboxylic acid groups (broad SMARTS) is 1. The molecule has 28 heavy (non-hydrogen) atoms. The van der Waals surface area contributed by atoms with Crippen LogP contribution >= 0.6 is 0 Å². The van der Waals surface area contributed by atoms with E-state index in [1.807, 2.05) is 13.8 Å². The molecule has 1 aromatic heterocycles. The number of ether oxygens (including phenoxy) is 1. The molecule has 0 fully saturated rings. The first-order chi connectivity index (χ1) is 13.4. The fourth-order valence-corrected chi connectivity index (χ4v) is 3.62. The van der Waals surface area contributed by atoms with E-state index in [2.05, 4.69) is 11.1 Å². The van der Waals surface area contributed by atoms with Crippen LogP contribution in [0.3, 0.4) is 0 Å². The Labute approximate surface area is 163 Å². The number of carbonyl (C=O) groups is 1. The topological polar surface area (TPSA) is 95.7 Å². The minimum atomic E-state index is -1.05. The molecule has 144 valence electrons. The average molecular weight is 379 g/mol. The van der Waals surface area contributed by atoms with Gasteiger partial charge >= 0.3 is 5.97 Å². The maximum Gasteiger partial charge on any atom is 0.334 e. The van der Waals surface area contributed by atoms with Crippen molar-refractivity contribution in [3.8, 4) is 11.8 Å². The zero-order valence-corrected chi connectivity index (χ0v) is 16.2. The zero-order valence-electron chi connectivity index (χ0n) is 16.2. The molecule has 7 nitrogen and oxygen atoms in total. The van der Waals surface area contributed by atoms with E-state index in [1.165, 1.54) is 7.11 Å². The van der Waals surface area contributed by atoms with Crippen LogP contribution in [0.5, 0.6) is 5.75 Å². The molecule has 0 aliphatic carbocycles. The number of aryl methyl sites for hydroxylation is 1. The molecular formula is C21H21N3O4. The van der Waals surface area contributed by atoms with Crippen LogP contribution in [0.2, 0.25) is 0 Å². The minimum absolute atomic E-state index is 0.177. The summed E-state index contributed by atoms with van der Waals surface area (Å²) in [6, 6.07) is 7.08. The van der Waals surface area contributed by atoms with Gasteiger partial charge < -0.3 is 9.84 Å². The Balaban J connectivity index is 2.35. The molecule has 0 amide bonds. The van der Waals surface area contributed by atoms with Gasteiger partial charge in [0, 0.05) is 23.5 Å². The van der Waals surface area contributed by atoms with Gasteiger partial charge in [0.25, 0.3) is 0 Å². The second kappa shape index (κ2) is 7.71. The average Bonchev–Trinajstić information content (AvgIpc) is 2.69. The van der Waals surface area contributed by atoms with Crippen molar-refractivity contribution < 1.29 is 19.5 Å². The van der Waals surface area contributed by atoms with Gasteiger partial charge in [-0.3, -0.25) is 9.82 Å². The molecule has 1 aliphatic rings. The van der Waals surface area contributed by atoms with E-state index in [1.54, 1.807) is 42.6 Å². The Morgan fingerprint density at radius 1 is 1.32 bits per heavy atom. The zero-order chi connectivity index (χ0) is 20.4. The number of pyridine rings is 1. The second-order valence-electron chi connectivity index (χ2n) is 6.41. The lowest BCUT2D eigenvalue weighted by Gasteiger charge is -2.37. The van der Waals surface area contributed by atoms with Gasteiger partial charge in [0.1, 0.15) is 5.75 Å². The quantitative estimate of drug-likeness (QED) is 0.849. The second-order valence-corrected chi connectivity index (χ2v) is 6.41. The normalized spacial score (nSPS) is 15.8. The van der Waals surface area contributed by atoms with E-state index in [0.717, 1.165) is 11.3 Å². The lowest BCUT2D eigenvalue weighted by Crippen LogP contribution is -2.33. The molecule has 0 saturated heterocycles. The number of fused-ring (bicyclic) bond motifs is 1. The maximum atomic E-state index is 12.3. The monoisotopic (exact) mass is 379 g/mol. The SMILES string of the molecule is CCON1C(C)=C(C(=O)O)C(c2ccc(C#N)cc2OC)c2cncc(C)c21. The summed E-state index contributed by atoms with van der Waals surface area (Å²) in [4.78, 5) is 22.3. The summed E-state index contributed by atoms with van der Waals surface area (Å²) in [6.07, 6.45) is 3.38. The molecule has 2 heterocycles. The van der Waals surface area contributed by atoms with Crippen molar-refractivity contribution in [3.05, 3.63) is 64.1 Å². The maximum absolute atomic E-state index is 12.3. The van der Waals surface area contributed by atoms with Crippen LogP contribution in [0.1, 0.15) is 42.0 Å². The van der Waals surface area contributed by atoms with Crippen molar-refractivity contribution in [2.75, 3.05) is 18.8 Å². The number of aromatic nitrogens is 1. The number of rotatable bonds is 5. The first kappa shape index (κ1) is 19.4. The molecule has 0 bridgehead atoms. The largest absolute Gasteiger partial charge is 0.496 e. The number of benzene rings is 1. The minimum Gasteiger partial charge on any atom is -0.496 e. The summed E-state index contributed by atoms with van der Waals surface area (Å²) in [5, 5.41) is 20.8. The van der Waals surface area contributed by atoms with Crippen molar-refractivity contribution in [2.24, 2.45) is 0 Å². The predicted molar refractivity (Wildman–Crippen MR) is 103 cm³/mol. The third kappa shape index (κ3) is 3.08. The summed E-state index contributed by atoms with van der Waals surface area (Å²) in [5.41, 5.74) is 4.11. The van der Waals surface area contributed by atoms with Crippen molar-refractivity contribution in [2.45, 2.75) is 26.7 Å². The number of hydroxylamine groups is 1. The van der Waals surface area contributed by atoms with Gasteiger partial charge in [-0.15, -0.1) is 0 Å². The Morgan fingerprint density at radius 2 is 2.07 bits per heavy atom. The lowest BCUT2D eigenvalue weighted by atomic mass is 9.80. The number of allylic oxidation sites excluding steroid dienone is 1. The highest BCUT2D eigenvalue weighted by Crippen LogP contribution is 2.48. The molecule has 7 heteroatoms. The molecule has 1 aromatic carbocycles. The van der Waals surface area contributed by atoms with Gasteiger partial charge in [0.15, 0.2) is 0 Å². The number of hydrogen-bond donors (Lipinski definition) is 1. The summed E-state index contributed by atoms with van der Waals surface area (Å²) in [7, 11) is 1.50. The van der Waals surface area contributed by atoms with Crippen molar-refractivity contribution in [1.29, 1.82) is 5.26 Å². The van der Waals surface area contributed by atoms with Crippen LogP contribution in [0.25, 0.3) is 0 Å². The van der Waals surface area contributed by atoms with Gasteiger partial charge in [-0.05, 0) is 38.5 Å². The van der Waals surface area contributed by atoms with E-state index in [9.17, 15) is 15.2 Å². The van der Waals surface area contributed by atoms with E-state index in [-0.39, 0.29) is 5.57 Å². The number of nitriles is 1. The van der Waals surface area contributed by atoms with Gasteiger partial charge in [-0.25, -0.2) is 9.86 Å². The van der Waals surface area contributed by atoms with E-state index >= 15 is 0 Å². The van der Waals surface area contributed by atoms with E-state index in [0.29, 0.717) is 34.7 Å². The van der Waals surface area contributed by atoms with Crippen LogP contribution in [0.15, 0.2) is 41.9 Å². The van der Waals surface area contributed by atoms with Crippen LogP contribution < -0.4 is 9.80 Å². The molecule has 2 aromatic rings. The summed E-state index contributed by atoms with van der Waals surface area (Å²) >= 11 is 0. The van der Waals surface area contributed by atoms with Gasteiger partial charge in [0.05, 0.1) is 48.2 Å². The molecule has 0 radical (unpaired) electrons. The van der Waals surface area contributed by atoms with E-state index < -0.39 is 11.9 Å². The van der Waals surface area contributed by atoms with Crippen molar-refractivity contribution in [3.63, 3.8) is 0 Å². The first-order valence-corrected chi connectivity index (χ1v) is 8.84.